The Morgan fingerprint density at radius 1 is 1.00 bits per heavy atom. The van der Waals surface area contributed by atoms with Gasteiger partial charge in [-0.25, -0.2) is 15.0 Å². The third-order valence-corrected chi connectivity index (χ3v) is 6.38. The Hall–Kier alpha value is -3.05. The molecular formula is C24H21N3OS. The number of thiophene rings is 1. The van der Waals surface area contributed by atoms with Gasteiger partial charge in [0.05, 0.1) is 15.9 Å². The second-order valence-electron chi connectivity index (χ2n) is 8.30. The molecule has 0 fully saturated rings. The molecule has 0 bridgehead atoms. The van der Waals surface area contributed by atoms with Crippen LogP contribution in [0.4, 0.5) is 0 Å². The SMILES string of the molecule is Cc1sc2c(-c3cc(C(C)(C)C)c4ccccc4c3)ncnc2c1-c1cocn1. The second-order valence-corrected chi connectivity index (χ2v) is 9.53. The van der Waals surface area contributed by atoms with Gasteiger partial charge in [-0.15, -0.1) is 11.3 Å². The van der Waals surface area contributed by atoms with Crippen molar-refractivity contribution in [3.8, 4) is 22.5 Å². The summed E-state index contributed by atoms with van der Waals surface area (Å²) in [5, 5.41) is 2.52. The Labute approximate surface area is 173 Å². The van der Waals surface area contributed by atoms with Crippen molar-refractivity contribution in [2.45, 2.75) is 33.1 Å². The van der Waals surface area contributed by atoms with Crippen molar-refractivity contribution in [2.24, 2.45) is 0 Å². The lowest BCUT2D eigenvalue weighted by molar-refractivity contribution is 0.558. The van der Waals surface area contributed by atoms with E-state index in [4.69, 9.17) is 9.40 Å². The molecule has 0 atom stereocenters. The van der Waals surface area contributed by atoms with E-state index in [1.807, 2.05) is 0 Å². The molecule has 144 valence electrons. The first-order chi connectivity index (χ1) is 13.9. The van der Waals surface area contributed by atoms with Crippen molar-refractivity contribution in [3.05, 3.63) is 65.8 Å². The standard InChI is InChI=1S/C24H21N3OS/c1-14-20(19-11-28-13-27-19)22-23(29-14)21(25-12-26-22)16-9-15-7-5-6-8-17(15)18(10-16)24(2,3)4/h5-13H,1-4H3. The normalized spacial score (nSPS) is 12.1. The number of aryl methyl sites for hydroxylation is 1. The van der Waals surface area contributed by atoms with Gasteiger partial charge in [0.1, 0.15) is 18.3 Å². The van der Waals surface area contributed by atoms with E-state index in [-0.39, 0.29) is 5.41 Å². The summed E-state index contributed by atoms with van der Waals surface area (Å²) in [6.07, 6.45) is 4.78. The van der Waals surface area contributed by atoms with Crippen LogP contribution in [0.1, 0.15) is 31.2 Å². The zero-order valence-electron chi connectivity index (χ0n) is 16.9. The van der Waals surface area contributed by atoms with Crippen LogP contribution in [0.2, 0.25) is 0 Å². The van der Waals surface area contributed by atoms with Crippen molar-refractivity contribution in [3.63, 3.8) is 0 Å². The van der Waals surface area contributed by atoms with E-state index in [1.165, 1.54) is 22.7 Å². The quantitative estimate of drug-likeness (QED) is 0.328. The number of aromatic nitrogens is 3. The van der Waals surface area contributed by atoms with E-state index in [0.717, 1.165) is 37.6 Å². The highest BCUT2D eigenvalue weighted by molar-refractivity contribution is 7.20. The highest BCUT2D eigenvalue weighted by Gasteiger charge is 2.22. The minimum atomic E-state index is 0.0268. The van der Waals surface area contributed by atoms with E-state index >= 15 is 0 Å². The summed E-state index contributed by atoms with van der Waals surface area (Å²) in [6.45, 7) is 8.87. The number of fused-ring (bicyclic) bond motifs is 2. The van der Waals surface area contributed by atoms with Gasteiger partial charge in [0.15, 0.2) is 6.39 Å². The van der Waals surface area contributed by atoms with Crippen LogP contribution in [0.25, 0.3) is 43.5 Å². The molecule has 0 aliphatic heterocycles. The Morgan fingerprint density at radius 3 is 2.59 bits per heavy atom. The topological polar surface area (TPSA) is 51.8 Å². The fourth-order valence-corrected chi connectivity index (χ4v) is 5.06. The van der Waals surface area contributed by atoms with Crippen molar-refractivity contribution in [2.75, 3.05) is 0 Å². The lowest BCUT2D eigenvalue weighted by Gasteiger charge is -2.22. The monoisotopic (exact) mass is 399 g/mol. The maximum Gasteiger partial charge on any atom is 0.181 e. The average molecular weight is 400 g/mol. The van der Waals surface area contributed by atoms with Gasteiger partial charge in [0, 0.05) is 16.0 Å². The third-order valence-electron chi connectivity index (χ3n) is 5.28. The summed E-state index contributed by atoms with van der Waals surface area (Å²) in [4.78, 5) is 14.8. The van der Waals surface area contributed by atoms with Crippen LogP contribution in [0, 0.1) is 6.92 Å². The molecule has 0 spiro atoms. The van der Waals surface area contributed by atoms with Gasteiger partial charge in [-0.1, -0.05) is 45.0 Å². The molecule has 0 saturated carbocycles. The molecule has 0 N–H and O–H groups in total. The fraction of sp³-hybridized carbons (Fsp3) is 0.208. The molecule has 0 saturated heterocycles. The maximum atomic E-state index is 5.21. The first-order valence-electron chi connectivity index (χ1n) is 9.60. The van der Waals surface area contributed by atoms with Gasteiger partial charge in [0.2, 0.25) is 0 Å². The number of benzene rings is 2. The Bertz CT molecular complexity index is 1340. The van der Waals surface area contributed by atoms with Crippen molar-refractivity contribution in [1.82, 2.24) is 15.0 Å². The number of hydrogen-bond donors (Lipinski definition) is 0. The fourth-order valence-electron chi connectivity index (χ4n) is 3.93. The zero-order chi connectivity index (χ0) is 20.2. The minimum Gasteiger partial charge on any atom is -0.451 e. The van der Waals surface area contributed by atoms with Crippen LogP contribution in [-0.4, -0.2) is 15.0 Å². The molecular weight excluding hydrogens is 378 g/mol. The number of nitrogens with zero attached hydrogens (tertiary/aromatic N) is 3. The first kappa shape index (κ1) is 18.0. The molecule has 3 aromatic heterocycles. The highest BCUT2D eigenvalue weighted by atomic mass is 32.1. The van der Waals surface area contributed by atoms with Gasteiger partial charge in [0.25, 0.3) is 0 Å². The highest BCUT2D eigenvalue weighted by Crippen LogP contribution is 2.42. The number of hydrogen-bond acceptors (Lipinski definition) is 5. The maximum absolute atomic E-state index is 5.21. The average Bonchev–Trinajstić information content (AvgIpc) is 3.32. The van der Waals surface area contributed by atoms with Crippen LogP contribution in [0.5, 0.6) is 0 Å². The van der Waals surface area contributed by atoms with Crippen LogP contribution in [-0.2, 0) is 5.41 Å². The predicted octanol–water partition coefficient (Wildman–Crippen LogP) is 6.77. The Balaban J connectivity index is 1.81. The Morgan fingerprint density at radius 2 is 1.83 bits per heavy atom. The van der Waals surface area contributed by atoms with Gasteiger partial charge in [-0.2, -0.15) is 0 Å². The molecule has 0 radical (unpaired) electrons. The minimum absolute atomic E-state index is 0.0268. The summed E-state index contributed by atoms with van der Waals surface area (Å²) in [5.74, 6) is 0. The summed E-state index contributed by atoms with van der Waals surface area (Å²) in [5.41, 5.74) is 6.20. The van der Waals surface area contributed by atoms with Crippen molar-refractivity contribution < 1.29 is 4.42 Å². The largest absolute Gasteiger partial charge is 0.451 e. The number of oxazole rings is 1. The van der Waals surface area contributed by atoms with Gasteiger partial charge in [-0.3, -0.25) is 0 Å². The van der Waals surface area contributed by atoms with Gasteiger partial charge < -0.3 is 4.42 Å². The third kappa shape index (κ3) is 2.93. The van der Waals surface area contributed by atoms with Crippen molar-refractivity contribution in [1.29, 1.82) is 0 Å². The van der Waals surface area contributed by atoms with Gasteiger partial charge >= 0.3 is 0 Å². The molecule has 5 aromatic rings. The molecule has 3 heterocycles. The van der Waals surface area contributed by atoms with E-state index in [1.54, 1.807) is 23.9 Å². The molecule has 0 amide bonds. The number of rotatable bonds is 2. The lowest BCUT2D eigenvalue weighted by atomic mass is 9.82. The molecule has 4 nitrogen and oxygen atoms in total. The zero-order valence-corrected chi connectivity index (χ0v) is 17.7. The van der Waals surface area contributed by atoms with E-state index in [9.17, 15) is 0 Å². The van der Waals surface area contributed by atoms with Gasteiger partial charge in [-0.05, 0) is 40.8 Å². The van der Waals surface area contributed by atoms with E-state index in [2.05, 4.69) is 74.1 Å². The molecule has 0 unspecified atom stereocenters. The second kappa shape index (κ2) is 6.49. The molecule has 5 rings (SSSR count). The smallest absolute Gasteiger partial charge is 0.181 e. The van der Waals surface area contributed by atoms with Crippen LogP contribution < -0.4 is 0 Å². The molecule has 2 aromatic carbocycles. The molecule has 29 heavy (non-hydrogen) atoms. The molecule has 5 heteroatoms. The van der Waals surface area contributed by atoms with Crippen LogP contribution in [0.3, 0.4) is 0 Å². The summed E-state index contributed by atoms with van der Waals surface area (Å²) < 4.78 is 6.29. The summed E-state index contributed by atoms with van der Waals surface area (Å²) in [7, 11) is 0. The molecule has 0 aliphatic rings. The van der Waals surface area contributed by atoms with Crippen LogP contribution in [0.15, 0.2) is 59.8 Å². The Kier molecular flexibility index (Phi) is 4.03. The lowest BCUT2D eigenvalue weighted by Crippen LogP contribution is -2.12. The molecule has 0 aliphatic carbocycles. The van der Waals surface area contributed by atoms with E-state index < -0.39 is 0 Å². The van der Waals surface area contributed by atoms with Crippen molar-refractivity contribution >= 4 is 32.3 Å². The predicted molar refractivity (Wildman–Crippen MR) is 119 cm³/mol. The van der Waals surface area contributed by atoms with E-state index in [0.29, 0.717) is 0 Å². The summed E-state index contributed by atoms with van der Waals surface area (Å²) >= 11 is 1.71. The van der Waals surface area contributed by atoms with Crippen LogP contribution >= 0.6 is 11.3 Å². The summed E-state index contributed by atoms with van der Waals surface area (Å²) in [6, 6.07) is 13.1. The first-order valence-corrected chi connectivity index (χ1v) is 10.4.